The Kier molecular flexibility index (Phi) is 4.73. The third-order valence-corrected chi connectivity index (χ3v) is 5.43. The van der Waals surface area contributed by atoms with Crippen molar-refractivity contribution in [2.24, 2.45) is 0 Å². The summed E-state index contributed by atoms with van der Waals surface area (Å²) in [6, 6.07) is 7.68. The fourth-order valence-electron chi connectivity index (χ4n) is 2.74. The van der Waals surface area contributed by atoms with Crippen molar-refractivity contribution in [1.29, 1.82) is 0 Å². The number of carbonyl (C=O) groups excluding carboxylic acids is 2. The number of amides is 3. The van der Waals surface area contributed by atoms with E-state index in [1.54, 1.807) is 38.1 Å². The molecule has 0 saturated carbocycles. The Morgan fingerprint density at radius 3 is 2.33 bits per heavy atom. The highest BCUT2D eigenvalue weighted by atomic mass is 32.2. The van der Waals surface area contributed by atoms with Gasteiger partial charge in [0.05, 0.1) is 17.9 Å². The number of aromatic nitrogens is 2. The number of benzene rings is 1. The molecule has 0 radical (unpaired) electrons. The maximum absolute atomic E-state index is 13.0. The highest BCUT2D eigenvalue weighted by Crippen LogP contribution is 2.33. The predicted octanol–water partition coefficient (Wildman–Crippen LogP) is 1.92. The van der Waals surface area contributed by atoms with Crippen LogP contribution in [0.2, 0.25) is 0 Å². The molecule has 1 aromatic heterocycles. The third kappa shape index (κ3) is 3.54. The van der Waals surface area contributed by atoms with E-state index in [0.717, 1.165) is 11.2 Å². The Hall–Kier alpha value is -2.46. The Labute approximate surface area is 162 Å². The number of rotatable bonds is 4. The van der Waals surface area contributed by atoms with Crippen molar-refractivity contribution in [3.63, 3.8) is 0 Å². The van der Waals surface area contributed by atoms with Crippen LogP contribution in [0.5, 0.6) is 0 Å². The quantitative estimate of drug-likeness (QED) is 0.473. The van der Waals surface area contributed by atoms with Gasteiger partial charge in [-0.15, -0.1) is 12.6 Å². The van der Waals surface area contributed by atoms with E-state index in [9.17, 15) is 18.0 Å². The monoisotopic (exact) mass is 406 g/mol. The van der Waals surface area contributed by atoms with Crippen molar-refractivity contribution in [3.8, 4) is 0 Å². The maximum atomic E-state index is 13.0. The Morgan fingerprint density at radius 1 is 1.11 bits per heavy atom. The van der Waals surface area contributed by atoms with E-state index in [0.29, 0.717) is 16.3 Å². The molecule has 0 N–H and O–H groups in total. The molecule has 0 unspecified atom stereocenters. The number of thiol groups is 1. The van der Waals surface area contributed by atoms with Crippen LogP contribution in [0.1, 0.15) is 19.5 Å². The van der Waals surface area contributed by atoms with Gasteiger partial charge in [-0.05, 0) is 44.2 Å². The number of anilines is 1. The first-order chi connectivity index (χ1) is 12.5. The standard InChI is InChI=1S/C17H18N4O4S2/c1-17(2)14(22)21(12-4-6-13(26)7-5-12)16(23)20(17)10-11-8-9-18-15(19-11)27(3,24)25/h4-9,26H,10H2,1-3H3. The van der Waals surface area contributed by atoms with Gasteiger partial charge in [0, 0.05) is 17.3 Å². The van der Waals surface area contributed by atoms with Crippen molar-refractivity contribution in [2.75, 3.05) is 11.2 Å². The first-order valence-corrected chi connectivity index (χ1v) is 10.3. The SMILES string of the molecule is CC1(C)C(=O)N(c2ccc(S)cc2)C(=O)N1Cc1ccnc(S(C)(=O)=O)n1. The van der Waals surface area contributed by atoms with Gasteiger partial charge >= 0.3 is 6.03 Å². The van der Waals surface area contributed by atoms with Crippen LogP contribution in [-0.4, -0.2) is 47.0 Å². The van der Waals surface area contributed by atoms with Crippen molar-refractivity contribution in [3.05, 3.63) is 42.2 Å². The summed E-state index contributed by atoms with van der Waals surface area (Å²) in [6.45, 7) is 3.25. The van der Waals surface area contributed by atoms with Crippen molar-refractivity contribution < 1.29 is 18.0 Å². The molecule has 0 aliphatic carbocycles. The summed E-state index contributed by atoms with van der Waals surface area (Å²) in [5, 5.41) is -0.322. The lowest BCUT2D eigenvalue weighted by Crippen LogP contribution is -2.43. The topological polar surface area (TPSA) is 101 Å². The molecule has 10 heteroatoms. The van der Waals surface area contributed by atoms with Crippen LogP contribution >= 0.6 is 12.6 Å². The molecule has 2 aromatic rings. The Bertz CT molecular complexity index is 1020. The lowest BCUT2D eigenvalue weighted by atomic mass is 10.0. The summed E-state index contributed by atoms with van der Waals surface area (Å²) in [7, 11) is -3.58. The molecule has 0 bridgehead atoms. The molecular weight excluding hydrogens is 388 g/mol. The lowest BCUT2D eigenvalue weighted by Gasteiger charge is -2.27. The van der Waals surface area contributed by atoms with E-state index in [4.69, 9.17) is 0 Å². The van der Waals surface area contributed by atoms with Gasteiger partial charge in [-0.2, -0.15) is 0 Å². The second kappa shape index (κ2) is 6.61. The van der Waals surface area contributed by atoms with Crippen molar-refractivity contribution >= 4 is 40.1 Å². The summed E-state index contributed by atoms with van der Waals surface area (Å²) in [4.78, 5) is 36.7. The van der Waals surface area contributed by atoms with Crippen molar-refractivity contribution in [2.45, 2.75) is 36.0 Å². The minimum absolute atomic E-state index is 0.0240. The van der Waals surface area contributed by atoms with E-state index < -0.39 is 21.4 Å². The number of hydrogen-bond acceptors (Lipinski definition) is 7. The first kappa shape index (κ1) is 19.3. The molecular formula is C17H18N4O4S2. The Balaban J connectivity index is 1.95. The van der Waals surface area contributed by atoms with E-state index in [-0.39, 0.29) is 17.6 Å². The number of carbonyl (C=O) groups is 2. The van der Waals surface area contributed by atoms with Gasteiger partial charge in [0.2, 0.25) is 15.0 Å². The largest absolute Gasteiger partial charge is 0.332 e. The van der Waals surface area contributed by atoms with Gasteiger partial charge in [-0.3, -0.25) is 4.79 Å². The van der Waals surface area contributed by atoms with Gasteiger partial charge in [-0.25, -0.2) is 28.1 Å². The molecule has 0 atom stereocenters. The summed E-state index contributed by atoms with van der Waals surface area (Å²) < 4.78 is 23.3. The van der Waals surface area contributed by atoms with Crippen LogP contribution in [0.25, 0.3) is 0 Å². The summed E-state index contributed by atoms with van der Waals surface area (Å²) in [5.41, 5.74) is -0.350. The summed E-state index contributed by atoms with van der Waals surface area (Å²) in [5.74, 6) is -0.378. The van der Waals surface area contributed by atoms with Crippen LogP contribution in [0, 0.1) is 0 Å². The predicted molar refractivity (Wildman–Crippen MR) is 101 cm³/mol. The highest BCUT2D eigenvalue weighted by molar-refractivity contribution is 7.90. The van der Waals surface area contributed by atoms with Gasteiger partial charge in [-0.1, -0.05) is 0 Å². The zero-order valence-corrected chi connectivity index (χ0v) is 16.7. The minimum Gasteiger partial charge on any atom is -0.304 e. The van der Waals surface area contributed by atoms with Crippen LogP contribution in [0.15, 0.2) is 46.6 Å². The normalized spacial score (nSPS) is 16.9. The number of imide groups is 1. The van der Waals surface area contributed by atoms with E-state index in [2.05, 4.69) is 22.6 Å². The number of nitrogens with zero attached hydrogens (tertiary/aromatic N) is 4. The van der Waals surface area contributed by atoms with E-state index in [1.807, 2.05) is 0 Å². The number of urea groups is 1. The molecule has 3 amide bonds. The van der Waals surface area contributed by atoms with Gasteiger partial charge < -0.3 is 4.90 Å². The minimum atomic E-state index is -3.58. The summed E-state index contributed by atoms with van der Waals surface area (Å²) in [6.07, 6.45) is 2.32. The van der Waals surface area contributed by atoms with Gasteiger partial charge in [0.15, 0.2) is 0 Å². The summed E-state index contributed by atoms with van der Waals surface area (Å²) >= 11 is 4.21. The molecule has 1 saturated heterocycles. The fraction of sp³-hybridized carbons (Fsp3) is 0.294. The van der Waals surface area contributed by atoms with E-state index >= 15 is 0 Å². The van der Waals surface area contributed by atoms with Gasteiger partial charge in [0.25, 0.3) is 5.91 Å². The molecule has 1 aromatic carbocycles. The second-order valence-corrected chi connectivity index (χ2v) is 9.11. The molecule has 0 spiro atoms. The molecule has 2 heterocycles. The molecule has 142 valence electrons. The zero-order chi connectivity index (χ0) is 20.0. The number of hydrogen-bond donors (Lipinski definition) is 1. The van der Waals surface area contributed by atoms with Crippen LogP contribution in [-0.2, 0) is 21.2 Å². The molecule has 1 aliphatic heterocycles. The third-order valence-electron chi connectivity index (χ3n) is 4.27. The number of sulfone groups is 1. The average molecular weight is 406 g/mol. The lowest BCUT2D eigenvalue weighted by molar-refractivity contribution is -0.123. The van der Waals surface area contributed by atoms with E-state index in [1.165, 1.54) is 17.2 Å². The molecule has 3 rings (SSSR count). The smallest absolute Gasteiger partial charge is 0.304 e. The average Bonchev–Trinajstić information content (AvgIpc) is 2.76. The fourth-order valence-corrected chi connectivity index (χ4v) is 3.42. The maximum Gasteiger partial charge on any atom is 0.332 e. The molecule has 8 nitrogen and oxygen atoms in total. The molecule has 1 aliphatic rings. The van der Waals surface area contributed by atoms with Crippen LogP contribution < -0.4 is 4.90 Å². The Morgan fingerprint density at radius 2 is 1.74 bits per heavy atom. The molecule has 27 heavy (non-hydrogen) atoms. The second-order valence-electron chi connectivity index (χ2n) is 6.69. The first-order valence-electron chi connectivity index (χ1n) is 7.99. The highest BCUT2D eigenvalue weighted by Gasteiger charge is 2.51. The van der Waals surface area contributed by atoms with Crippen LogP contribution in [0.3, 0.4) is 0 Å². The van der Waals surface area contributed by atoms with Crippen LogP contribution in [0.4, 0.5) is 10.5 Å². The molecule has 1 fully saturated rings. The zero-order valence-electron chi connectivity index (χ0n) is 14.9. The van der Waals surface area contributed by atoms with Crippen molar-refractivity contribution in [1.82, 2.24) is 14.9 Å². The van der Waals surface area contributed by atoms with Gasteiger partial charge in [0.1, 0.15) is 5.54 Å².